The lowest BCUT2D eigenvalue weighted by Crippen LogP contribution is -2.10. The Morgan fingerprint density at radius 3 is 2.87 bits per heavy atom. The van der Waals surface area contributed by atoms with Crippen molar-refractivity contribution in [2.45, 2.75) is 44.9 Å². The summed E-state index contributed by atoms with van der Waals surface area (Å²) in [6.07, 6.45) is 4.40. The van der Waals surface area contributed by atoms with Crippen LogP contribution in [0.5, 0.6) is 0 Å². The molecule has 2 N–H and O–H groups in total. The number of hydrogen-bond acceptors (Lipinski definition) is 2. The summed E-state index contributed by atoms with van der Waals surface area (Å²) in [5.74, 6) is 0.658. The van der Waals surface area contributed by atoms with Gasteiger partial charge in [0.2, 0.25) is 0 Å². The number of carboxylic acids is 1. The van der Waals surface area contributed by atoms with Gasteiger partial charge >= 0.3 is 5.97 Å². The van der Waals surface area contributed by atoms with Crippen LogP contribution in [0.3, 0.4) is 0 Å². The molecule has 0 amide bonds. The van der Waals surface area contributed by atoms with Gasteiger partial charge in [0.1, 0.15) is 5.82 Å². The lowest BCUT2D eigenvalue weighted by atomic mass is 9.82. The highest BCUT2D eigenvalue weighted by molar-refractivity contribution is 5.66. The van der Waals surface area contributed by atoms with Gasteiger partial charge in [-0.3, -0.25) is 4.79 Å². The van der Waals surface area contributed by atoms with E-state index < -0.39 is 5.97 Å². The van der Waals surface area contributed by atoms with E-state index in [4.69, 9.17) is 5.11 Å². The fourth-order valence-corrected chi connectivity index (χ4v) is 1.96. The standard InChI is InChI=1S/C11H16N2O2/c1-7-11(8-3-2-4-8)13-9(12-7)5-6-10(14)15/h8H,2-6H2,1H3,(H,12,13)(H,14,15). The number of nitrogens with one attached hydrogen (secondary N) is 1. The van der Waals surface area contributed by atoms with Crippen molar-refractivity contribution >= 4 is 5.97 Å². The molecule has 1 saturated carbocycles. The van der Waals surface area contributed by atoms with Crippen LogP contribution in [0.4, 0.5) is 0 Å². The third kappa shape index (κ3) is 2.19. The first-order valence-electron chi connectivity index (χ1n) is 5.44. The van der Waals surface area contributed by atoms with Gasteiger partial charge in [0, 0.05) is 18.0 Å². The Labute approximate surface area is 88.7 Å². The summed E-state index contributed by atoms with van der Waals surface area (Å²) >= 11 is 0. The quantitative estimate of drug-likeness (QED) is 0.795. The Hall–Kier alpha value is -1.32. The molecule has 2 rings (SSSR count). The van der Waals surface area contributed by atoms with E-state index in [0.717, 1.165) is 17.2 Å². The average molecular weight is 208 g/mol. The number of aromatic nitrogens is 2. The Kier molecular flexibility index (Phi) is 2.75. The number of carbonyl (C=O) groups is 1. The van der Waals surface area contributed by atoms with Crippen molar-refractivity contribution in [3.63, 3.8) is 0 Å². The van der Waals surface area contributed by atoms with Crippen LogP contribution >= 0.6 is 0 Å². The smallest absolute Gasteiger partial charge is 0.303 e. The van der Waals surface area contributed by atoms with Crippen molar-refractivity contribution in [1.29, 1.82) is 0 Å². The topological polar surface area (TPSA) is 66.0 Å². The first kappa shape index (κ1) is 10.2. The molecule has 1 fully saturated rings. The molecule has 1 aromatic heterocycles. The summed E-state index contributed by atoms with van der Waals surface area (Å²) in [7, 11) is 0. The number of nitrogens with zero attached hydrogens (tertiary/aromatic N) is 1. The predicted molar refractivity (Wildman–Crippen MR) is 55.9 cm³/mol. The predicted octanol–water partition coefficient (Wildman–Crippen LogP) is 2.00. The molecular weight excluding hydrogens is 192 g/mol. The van der Waals surface area contributed by atoms with Crippen molar-refractivity contribution in [1.82, 2.24) is 9.97 Å². The van der Waals surface area contributed by atoms with E-state index >= 15 is 0 Å². The maximum Gasteiger partial charge on any atom is 0.303 e. The van der Waals surface area contributed by atoms with Crippen molar-refractivity contribution in [3.05, 3.63) is 17.2 Å². The summed E-state index contributed by atoms with van der Waals surface area (Å²) in [6, 6.07) is 0. The molecule has 82 valence electrons. The van der Waals surface area contributed by atoms with Gasteiger partial charge in [-0.05, 0) is 19.8 Å². The molecule has 0 aromatic carbocycles. The van der Waals surface area contributed by atoms with Crippen LogP contribution in [-0.2, 0) is 11.2 Å². The summed E-state index contributed by atoms with van der Waals surface area (Å²) in [5.41, 5.74) is 2.27. The minimum atomic E-state index is -0.769. The number of imidazole rings is 1. The molecule has 0 saturated heterocycles. The normalized spacial score (nSPS) is 16.3. The molecule has 0 bridgehead atoms. The fourth-order valence-electron chi connectivity index (χ4n) is 1.96. The monoisotopic (exact) mass is 208 g/mol. The van der Waals surface area contributed by atoms with Crippen LogP contribution in [0.15, 0.2) is 0 Å². The van der Waals surface area contributed by atoms with Gasteiger partial charge < -0.3 is 10.1 Å². The van der Waals surface area contributed by atoms with Gasteiger partial charge in [-0.25, -0.2) is 4.98 Å². The highest BCUT2D eigenvalue weighted by atomic mass is 16.4. The molecule has 1 aromatic rings. The second kappa shape index (κ2) is 4.04. The Balaban J connectivity index is 2.03. The SMILES string of the molecule is Cc1[nH]c(CCC(=O)O)nc1C1CCC1. The van der Waals surface area contributed by atoms with Gasteiger partial charge in [0.25, 0.3) is 0 Å². The molecule has 0 radical (unpaired) electrons. The minimum absolute atomic E-state index is 0.150. The highest BCUT2D eigenvalue weighted by Gasteiger charge is 2.24. The summed E-state index contributed by atoms with van der Waals surface area (Å²) in [5, 5.41) is 8.58. The molecule has 0 unspecified atom stereocenters. The first-order valence-corrected chi connectivity index (χ1v) is 5.44. The van der Waals surface area contributed by atoms with E-state index in [1.165, 1.54) is 19.3 Å². The summed E-state index contributed by atoms with van der Waals surface area (Å²) < 4.78 is 0. The van der Waals surface area contributed by atoms with E-state index in [1.807, 2.05) is 6.92 Å². The summed E-state index contributed by atoms with van der Waals surface area (Å²) in [4.78, 5) is 18.1. The van der Waals surface area contributed by atoms with Crippen LogP contribution in [0, 0.1) is 6.92 Å². The molecule has 15 heavy (non-hydrogen) atoms. The maximum absolute atomic E-state index is 10.4. The Morgan fingerprint density at radius 2 is 2.33 bits per heavy atom. The second-order valence-corrected chi connectivity index (χ2v) is 4.22. The lowest BCUT2D eigenvalue weighted by molar-refractivity contribution is -0.137. The molecular formula is C11H16N2O2. The number of rotatable bonds is 4. The van der Waals surface area contributed by atoms with Crippen molar-refractivity contribution in [2.75, 3.05) is 0 Å². The minimum Gasteiger partial charge on any atom is -0.481 e. The second-order valence-electron chi connectivity index (χ2n) is 4.22. The number of carboxylic acid groups (broad SMARTS) is 1. The van der Waals surface area contributed by atoms with Crippen LogP contribution < -0.4 is 0 Å². The average Bonchev–Trinajstić information content (AvgIpc) is 2.42. The zero-order valence-corrected chi connectivity index (χ0v) is 8.92. The maximum atomic E-state index is 10.4. The number of aliphatic carboxylic acids is 1. The van der Waals surface area contributed by atoms with Gasteiger partial charge in [-0.15, -0.1) is 0 Å². The van der Waals surface area contributed by atoms with E-state index in [1.54, 1.807) is 0 Å². The van der Waals surface area contributed by atoms with E-state index in [2.05, 4.69) is 9.97 Å². The first-order chi connectivity index (χ1) is 7.16. The van der Waals surface area contributed by atoms with Gasteiger partial charge in [0.05, 0.1) is 12.1 Å². The van der Waals surface area contributed by atoms with E-state index in [9.17, 15) is 4.79 Å². The van der Waals surface area contributed by atoms with Gasteiger partial charge in [-0.1, -0.05) is 6.42 Å². The lowest BCUT2D eigenvalue weighted by Gasteiger charge is -2.23. The Bertz CT molecular complexity index is 367. The van der Waals surface area contributed by atoms with Crippen LogP contribution in [0.2, 0.25) is 0 Å². The van der Waals surface area contributed by atoms with Crippen LogP contribution in [-0.4, -0.2) is 21.0 Å². The molecule has 1 aliphatic carbocycles. The fraction of sp³-hybridized carbons (Fsp3) is 0.636. The van der Waals surface area contributed by atoms with E-state index in [0.29, 0.717) is 12.3 Å². The van der Waals surface area contributed by atoms with E-state index in [-0.39, 0.29) is 6.42 Å². The highest BCUT2D eigenvalue weighted by Crippen LogP contribution is 2.36. The van der Waals surface area contributed by atoms with Crippen molar-refractivity contribution in [2.24, 2.45) is 0 Å². The molecule has 1 aliphatic rings. The molecule has 0 aliphatic heterocycles. The van der Waals surface area contributed by atoms with Gasteiger partial charge in [0.15, 0.2) is 0 Å². The summed E-state index contributed by atoms with van der Waals surface area (Å²) in [6.45, 7) is 2.02. The van der Waals surface area contributed by atoms with Crippen molar-refractivity contribution in [3.8, 4) is 0 Å². The largest absolute Gasteiger partial charge is 0.481 e. The molecule has 0 atom stereocenters. The van der Waals surface area contributed by atoms with Crippen LogP contribution in [0.1, 0.15) is 48.8 Å². The number of hydrogen-bond donors (Lipinski definition) is 2. The third-order valence-corrected chi connectivity index (χ3v) is 3.04. The zero-order valence-electron chi connectivity index (χ0n) is 8.92. The molecule has 0 spiro atoms. The van der Waals surface area contributed by atoms with Crippen LogP contribution in [0.25, 0.3) is 0 Å². The van der Waals surface area contributed by atoms with Crippen molar-refractivity contribution < 1.29 is 9.90 Å². The molecule has 4 heteroatoms. The number of H-pyrrole nitrogens is 1. The molecule has 4 nitrogen and oxygen atoms in total. The van der Waals surface area contributed by atoms with Gasteiger partial charge in [-0.2, -0.15) is 0 Å². The molecule has 1 heterocycles. The third-order valence-electron chi connectivity index (χ3n) is 3.04. The number of aromatic amines is 1. The Morgan fingerprint density at radius 1 is 1.60 bits per heavy atom. The zero-order chi connectivity index (χ0) is 10.8. The number of aryl methyl sites for hydroxylation is 2.